The van der Waals surface area contributed by atoms with Crippen LogP contribution in [0.15, 0.2) is 0 Å². The number of aliphatic carboxylic acids is 1. The van der Waals surface area contributed by atoms with Gasteiger partial charge in [-0.25, -0.2) is 4.79 Å². The first-order chi connectivity index (χ1) is 8.38. The van der Waals surface area contributed by atoms with Gasteiger partial charge in [0.15, 0.2) is 0 Å². The van der Waals surface area contributed by atoms with Gasteiger partial charge in [-0.05, 0) is 27.2 Å². The molecule has 0 aromatic rings. The minimum absolute atomic E-state index is 0.526. The van der Waals surface area contributed by atoms with Crippen LogP contribution in [0, 0.1) is 11.3 Å². The van der Waals surface area contributed by atoms with Crippen LogP contribution in [0.1, 0.15) is 27.2 Å². The Balaban J connectivity index is 2.60. The second kappa shape index (κ2) is 4.57. The van der Waals surface area contributed by atoms with E-state index in [2.05, 4.69) is 5.32 Å². The lowest BCUT2D eigenvalue weighted by Gasteiger charge is -2.21. The summed E-state index contributed by atoms with van der Waals surface area (Å²) in [5, 5.41) is 11.0. The summed E-state index contributed by atoms with van der Waals surface area (Å²) in [6.07, 6.45) is -6.03. The second-order valence-corrected chi connectivity index (χ2v) is 5.62. The molecule has 19 heavy (non-hydrogen) atoms. The topological polar surface area (TPSA) is 75.6 Å². The predicted octanol–water partition coefficient (Wildman–Crippen LogP) is 2.16. The third kappa shape index (κ3) is 3.74. The van der Waals surface area contributed by atoms with E-state index in [1.54, 1.807) is 20.8 Å². The molecule has 1 rings (SSSR count). The van der Waals surface area contributed by atoms with Crippen LogP contribution in [0.25, 0.3) is 0 Å². The summed E-state index contributed by atoms with van der Waals surface area (Å²) in [6.45, 7) is 4.18. The van der Waals surface area contributed by atoms with Gasteiger partial charge in [-0.2, -0.15) is 13.2 Å². The number of amides is 1. The van der Waals surface area contributed by atoms with Gasteiger partial charge in [0.2, 0.25) is 0 Å². The fraction of sp³-hybridized carbons (Fsp3) is 0.818. The van der Waals surface area contributed by atoms with Crippen LogP contribution in [-0.4, -0.2) is 35.5 Å². The average Bonchev–Trinajstić information content (AvgIpc) is 2.87. The lowest BCUT2D eigenvalue weighted by Crippen LogP contribution is -2.40. The summed E-state index contributed by atoms with van der Waals surface area (Å²) in [7, 11) is 0. The van der Waals surface area contributed by atoms with Crippen LogP contribution in [0.4, 0.5) is 18.0 Å². The number of carbonyl (C=O) groups excluding carboxylic acids is 1. The molecule has 1 amide bonds. The zero-order valence-electron chi connectivity index (χ0n) is 10.8. The number of carbonyl (C=O) groups is 2. The predicted molar refractivity (Wildman–Crippen MR) is 58.5 cm³/mol. The van der Waals surface area contributed by atoms with Crippen molar-refractivity contribution in [1.29, 1.82) is 0 Å². The Morgan fingerprint density at radius 2 is 1.89 bits per heavy atom. The SMILES string of the molecule is CC(C)(C)OC(=O)NCC1(C(=O)O)CC1C(F)(F)F. The number of ether oxygens (including phenoxy) is 1. The van der Waals surface area contributed by atoms with Crippen LogP contribution in [0.3, 0.4) is 0 Å². The average molecular weight is 283 g/mol. The second-order valence-electron chi connectivity index (χ2n) is 5.62. The normalized spacial score (nSPS) is 26.7. The highest BCUT2D eigenvalue weighted by atomic mass is 19.4. The minimum atomic E-state index is -4.58. The molecule has 0 saturated heterocycles. The molecule has 1 aliphatic carbocycles. The van der Waals surface area contributed by atoms with E-state index in [9.17, 15) is 22.8 Å². The Kier molecular flexibility index (Phi) is 3.75. The van der Waals surface area contributed by atoms with Crippen LogP contribution in [-0.2, 0) is 9.53 Å². The number of rotatable bonds is 3. The molecule has 8 heteroatoms. The first-order valence-corrected chi connectivity index (χ1v) is 5.65. The molecule has 1 fully saturated rings. The lowest BCUT2D eigenvalue weighted by atomic mass is 10.0. The summed E-state index contributed by atoms with van der Waals surface area (Å²) >= 11 is 0. The summed E-state index contributed by atoms with van der Waals surface area (Å²) in [5.74, 6) is -3.49. The van der Waals surface area contributed by atoms with E-state index in [1.807, 2.05) is 0 Å². The zero-order chi connectivity index (χ0) is 15.1. The maximum absolute atomic E-state index is 12.5. The minimum Gasteiger partial charge on any atom is -0.481 e. The third-order valence-corrected chi connectivity index (χ3v) is 2.84. The Bertz CT molecular complexity index is 388. The van der Waals surface area contributed by atoms with E-state index in [1.165, 1.54) is 0 Å². The summed E-state index contributed by atoms with van der Waals surface area (Å²) in [5.41, 5.74) is -2.76. The molecule has 0 radical (unpaired) electrons. The van der Waals surface area contributed by atoms with Crippen molar-refractivity contribution in [3.05, 3.63) is 0 Å². The number of nitrogens with one attached hydrogen (secondary N) is 1. The van der Waals surface area contributed by atoms with Gasteiger partial charge in [-0.1, -0.05) is 0 Å². The molecule has 5 nitrogen and oxygen atoms in total. The largest absolute Gasteiger partial charge is 0.481 e. The van der Waals surface area contributed by atoms with Gasteiger partial charge < -0.3 is 15.2 Å². The Morgan fingerprint density at radius 1 is 1.37 bits per heavy atom. The quantitative estimate of drug-likeness (QED) is 0.832. The van der Waals surface area contributed by atoms with Crippen molar-refractivity contribution >= 4 is 12.1 Å². The first-order valence-electron chi connectivity index (χ1n) is 5.65. The van der Waals surface area contributed by atoms with E-state index in [-0.39, 0.29) is 0 Å². The maximum atomic E-state index is 12.5. The molecule has 0 heterocycles. The molecule has 0 bridgehead atoms. The number of alkyl carbamates (subject to hydrolysis) is 1. The highest BCUT2D eigenvalue weighted by Gasteiger charge is 2.71. The van der Waals surface area contributed by atoms with Gasteiger partial charge in [-0.15, -0.1) is 0 Å². The van der Waals surface area contributed by atoms with Gasteiger partial charge in [-0.3, -0.25) is 4.79 Å². The molecule has 0 aromatic carbocycles. The van der Waals surface area contributed by atoms with Gasteiger partial charge >= 0.3 is 18.2 Å². The summed E-state index contributed by atoms with van der Waals surface area (Å²) in [6, 6.07) is 0. The van der Waals surface area contributed by atoms with Crippen LogP contribution >= 0.6 is 0 Å². The standard InChI is InChI=1S/C11H16F3NO4/c1-9(2,3)19-8(18)15-5-10(7(16)17)4-6(10)11(12,13)14/h6H,4-5H2,1-3H3,(H,15,18)(H,16,17). The molecule has 2 N–H and O–H groups in total. The lowest BCUT2D eigenvalue weighted by molar-refractivity contribution is -0.168. The molecule has 0 aliphatic heterocycles. The molecule has 2 unspecified atom stereocenters. The molecule has 0 aromatic heterocycles. The van der Waals surface area contributed by atoms with E-state index < -0.39 is 48.1 Å². The highest BCUT2D eigenvalue weighted by Crippen LogP contribution is 2.60. The Morgan fingerprint density at radius 3 is 2.21 bits per heavy atom. The van der Waals surface area contributed by atoms with Gasteiger partial charge in [0.25, 0.3) is 0 Å². The zero-order valence-corrected chi connectivity index (χ0v) is 10.8. The number of carboxylic acid groups (broad SMARTS) is 1. The molecular formula is C11H16F3NO4. The van der Waals surface area contributed by atoms with E-state index in [0.29, 0.717) is 0 Å². The fourth-order valence-electron chi connectivity index (χ4n) is 1.79. The van der Waals surface area contributed by atoms with Crippen LogP contribution < -0.4 is 5.32 Å². The Hall–Kier alpha value is -1.47. The smallest absolute Gasteiger partial charge is 0.407 e. The van der Waals surface area contributed by atoms with Crippen LogP contribution in [0.5, 0.6) is 0 Å². The maximum Gasteiger partial charge on any atom is 0.407 e. The number of hydrogen-bond donors (Lipinski definition) is 2. The molecular weight excluding hydrogens is 267 g/mol. The monoisotopic (exact) mass is 283 g/mol. The van der Waals surface area contributed by atoms with E-state index in [4.69, 9.17) is 9.84 Å². The van der Waals surface area contributed by atoms with E-state index in [0.717, 1.165) is 0 Å². The van der Waals surface area contributed by atoms with Crippen molar-refractivity contribution in [2.75, 3.05) is 6.54 Å². The number of alkyl halides is 3. The highest BCUT2D eigenvalue weighted by molar-refractivity contribution is 5.80. The number of halogens is 3. The van der Waals surface area contributed by atoms with Crippen molar-refractivity contribution in [2.24, 2.45) is 11.3 Å². The van der Waals surface area contributed by atoms with Gasteiger partial charge in [0, 0.05) is 6.54 Å². The summed E-state index contributed by atoms with van der Waals surface area (Å²) < 4.78 is 42.3. The molecule has 2 atom stereocenters. The molecule has 1 saturated carbocycles. The third-order valence-electron chi connectivity index (χ3n) is 2.84. The van der Waals surface area contributed by atoms with Crippen molar-refractivity contribution in [3.63, 3.8) is 0 Å². The van der Waals surface area contributed by atoms with Crippen molar-refractivity contribution in [2.45, 2.75) is 39.0 Å². The molecule has 0 spiro atoms. The Labute approximate surface area is 108 Å². The van der Waals surface area contributed by atoms with E-state index >= 15 is 0 Å². The fourth-order valence-corrected chi connectivity index (χ4v) is 1.79. The summed E-state index contributed by atoms with van der Waals surface area (Å²) in [4.78, 5) is 22.3. The van der Waals surface area contributed by atoms with Gasteiger partial charge in [0.1, 0.15) is 5.60 Å². The first kappa shape index (κ1) is 15.6. The van der Waals surface area contributed by atoms with Crippen molar-refractivity contribution in [3.8, 4) is 0 Å². The number of hydrogen-bond acceptors (Lipinski definition) is 3. The van der Waals surface area contributed by atoms with Crippen molar-refractivity contribution < 1.29 is 32.6 Å². The van der Waals surface area contributed by atoms with Gasteiger partial charge in [0.05, 0.1) is 11.3 Å². The number of carboxylic acids is 1. The molecule has 1 aliphatic rings. The van der Waals surface area contributed by atoms with Crippen molar-refractivity contribution in [1.82, 2.24) is 5.32 Å². The van der Waals surface area contributed by atoms with Crippen LogP contribution in [0.2, 0.25) is 0 Å². The molecule has 110 valence electrons.